The first-order valence-electron chi connectivity index (χ1n) is 6.88. The molecule has 94 valence electrons. The topological polar surface area (TPSA) is 38.0 Å². The van der Waals surface area contributed by atoms with Gasteiger partial charge in [0.1, 0.15) is 0 Å². The van der Waals surface area contributed by atoms with Gasteiger partial charge in [-0.05, 0) is 24.3 Å². The molecule has 0 amide bonds. The predicted molar refractivity (Wildman–Crippen MR) is 78.9 cm³/mol. The van der Waals surface area contributed by atoms with Crippen molar-refractivity contribution < 1.29 is 0 Å². The van der Waals surface area contributed by atoms with Crippen LogP contribution in [-0.4, -0.2) is 6.04 Å². The zero-order valence-corrected chi connectivity index (χ0v) is 10.7. The van der Waals surface area contributed by atoms with Gasteiger partial charge in [0.2, 0.25) is 0 Å². The Bertz CT molecular complexity index is 542. The van der Waals surface area contributed by atoms with Crippen LogP contribution in [0.2, 0.25) is 0 Å². The minimum absolute atomic E-state index is 0.599. The van der Waals surface area contributed by atoms with Crippen molar-refractivity contribution in [3.8, 4) is 0 Å². The van der Waals surface area contributed by atoms with Crippen LogP contribution in [0.15, 0.2) is 36.4 Å². The van der Waals surface area contributed by atoms with E-state index in [1.807, 2.05) is 6.07 Å². The summed E-state index contributed by atoms with van der Waals surface area (Å²) < 4.78 is 0. The largest absolute Gasteiger partial charge is 0.397 e. The molecule has 3 rings (SSSR count). The maximum atomic E-state index is 6.27. The molecule has 0 atom stereocenters. The van der Waals surface area contributed by atoms with Crippen LogP contribution in [0.4, 0.5) is 11.4 Å². The minimum Gasteiger partial charge on any atom is -0.397 e. The van der Waals surface area contributed by atoms with Gasteiger partial charge >= 0.3 is 0 Å². The maximum Gasteiger partial charge on any atom is 0.0629 e. The normalized spacial score (nSPS) is 16.9. The third kappa shape index (κ3) is 2.15. The highest BCUT2D eigenvalue weighted by molar-refractivity contribution is 5.98. The molecule has 0 radical (unpaired) electrons. The molecule has 2 aromatic carbocycles. The van der Waals surface area contributed by atoms with Gasteiger partial charge in [0.05, 0.1) is 11.4 Å². The molecule has 1 fully saturated rings. The van der Waals surface area contributed by atoms with Crippen molar-refractivity contribution in [3.63, 3.8) is 0 Å². The van der Waals surface area contributed by atoms with E-state index in [9.17, 15) is 0 Å². The molecule has 2 nitrogen and oxygen atoms in total. The minimum atomic E-state index is 0.599. The van der Waals surface area contributed by atoms with Crippen molar-refractivity contribution in [1.82, 2.24) is 0 Å². The van der Waals surface area contributed by atoms with Crippen molar-refractivity contribution in [2.45, 2.75) is 38.1 Å². The molecule has 0 heterocycles. The average molecular weight is 240 g/mol. The summed E-state index contributed by atoms with van der Waals surface area (Å²) in [6, 6.07) is 13.2. The highest BCUT2D eigenvalue weighted by atomic mass is 14.9. The fraction of sp³-hybridized carbons (Fsp3) is 0.375. The van der Waals surface area contributed by atoms with Crippen LogP contribution >= 0.6 is 0 Å². The predicted octanol–water partition coefficient (Wildman–Crippen LogP) is 4.17. The molecule has 3 N–H and O–H groups in total. The summed E-state index contributed by atoms with van der Waals surface area (Å²) >= 11 is 0. The van der Waals surface area contributed by atoms with E-state index in [-0.39, 0.29) is 0 Å². The first-order valence-corrected chi connectivity index (χ1v) is 6.88. The fourth-order valence-corrected chi connectivity index (χ4v) is 2.89. The van der Waals surface area contributed by atoms with Gasteiger partial charge in [-0.1, -0.05) is 49.6 Å². The van der Waals surface area contributed by atoms with Gasteiger partial charge in [-0.2, -0.15) is 0 Å². The van der Waals surface area contributed by atoms with Crippen molar-refractivity contribution in [2.75, 3.05) is 11.1 Å². The lowest BCUT2D eigenvalue weighted by Crippen LogP contribution is -2.22. The molecule has 1 saturated carbocycles. The van der Waals surface area contributed by atoms with E-state index < -0.39 is 0 Å². The first-order chi connectivity index (χ1) is 8.84. The lowest BCUT2D eigenvalue weighted by atomic mass is 9.95. The van der Waals surface area contributed by atoms with Crippen LogP contribution < -0.4 is 11.1 Å². The Labute approximate surface area is 108 Å². The van der Waals surface area contributed by atoms with Gasteiger partial charge in [-0.25, -0.2) is 0 Å². The zero-order chi connectivity index (χ0) is 12.4. The van der Waals surface area contributed by atoms with E-state index in [0.29, 0.717) is 6.04 Å². The van der Waals surface area contributed by atoms with Gasteiger partial charge in [-0.3, -0.25) is 0 Å². The second-order valence-corrected chi connectivity index (χ2v) is 5.23. The molecule has 1 aliphatic rings. The van der Waals surface area contributed by atoms with Crippen molar-refractivity contribution in [1.29, 1.82) is 0 Å². The summed E-state index contributed by atoms with van der Waals surface area (Å²) in [6.45, 7) is 0. The third-order valence-corrected chi connectivity index (χ3v) is 3.94. The van der Waals surface area contributed by atoms with Crippen molar-refractivity contribution in [3.05, 3.63) is 36.4 Å². The molecule has 2 aromatic rings. The highest BCUT2D eigenvalue weighted by Gasteiger charge is 2.14. The number of benzene rings is 2. The molecule has 0 aliphatic heterocycles. The van der Waals surface area contributed by atoms with Crippen molar-refractivity contribution >= 4 is 22.1 Å². The molecule has 18 heavy (non-hydrogen) atoms. The second kappa shape index (κ2) is 4.89. The van der Waals surface area contributed by atoms with E-state index in [1.165, 1.54) is 37.5 Å². The molecule has 1 aliphatic carbocycles. The number of anilines is 2. The van der Waals surface area contributed by atoms with Gasteiger partial charge < -0.3 is 11.1 Å². The number of nitrogens with one attached hydrogen (secondary N) is 1. The molecule has 0 saturated heterocycles. The summed E-state index contributed by atoms with van der Waals surface area (Å²) in [5.41, 5.74) is 8.26. The van der Waals surface area contributed by atoms with Crippen LogP contribution in [0.5, 0.6) is 0 Å². The Morgan fingerprint density at radius 1 is 0.944 bits per heavy atom. The van der Waals surface area contributed by atoms with E-state index >= 15 is 0 Å². The fourth-order valence-electron chi connectivity index (χ4n) is 2.89. The number of nitrogen functional groups attached to an aromatic ring is 1. The number of hydrogen-bond acceptors (Lipinski definition) is 2. The highest BCUT2D eigenvalue weighted by Crippen LogP contribution is 2.30. The van der Waals surface area contributed by atoms with Gasteiger partial charge in [0, 0.05) is 11.4 Å². The molecular weight excluding hydrogens is 220 g/mol. The average Bonchev–Trinajstić information content (AvgIpc) is 2.43. The van der Waals surface area contributed by atoms with Crippen LogP contribution in [0.25, 0.3) is 10.8 Å². The van der Waals surface area contributed by atoms with E-state index in [2.05, 4.69) is 35.6 Å². The van der Waals surface area contributed by atoms with Crippen LogP contribution in [0, 0.1) is 0 Å². The Balaban J connectivity index is 1.89. The molecular formula is C16H20N2. The maximum absolute atomic E-state index is 6.27. The number of hydrogen-bond donors (Lipinski definition) is 2. The molecule has 0 bridgehead atoms. The Kier molecular flexibility index (Phi) is 3.09. The van der Waals surface area contributed by atoms with Crippen LogP contribution in [-0.2, 0) is 0 Å². The number of fused-ring (bicyclic) bond motifs is 1. The van der Waals surface area contributed by atoms with E-state index in [4.69, 9.17) is 5.73 Å². The third-order valence-electron chi connectivity index (χ3n) is 3.94. The Morgan fingerprint density at radius 3 is 2.56 bits per heavy atom. The standard InChI is InChI=1S/C16H20N2/c17-16-14-9-5-4-6-12(14)10-11-15(16)18-13-7-2-1-3-8-13/h4-6,9-11,13,18H,1-3,7-8,17H2. The SMILES string of the molecule is Nc1c(NC2CCCCC2)ccc2ccccc12. The van der Waals surface area contributed by atoms with E-state index in [1.54, 1.807) is 0 Å². The molecule has 0 aromatic heterocycles. The Morgan fingerprint density at radius 2 is 1.72 bits per heavy atom. The summed E-state index contributed by atoms with van der Waals surface area (Å²) in [5.74, 6) is 0. The Hall–Kier alpha value is -1.70. The van der Waals surface area contributed by atoms with E-state index in [0.717, 1.165) is 16.8 Å². The zero-order valence-electron chi connectivity index (χ0n) is 10.7. The summed E-state index contributed by atoms with van der Waals surface area (Å²) in [4.78, 5) is 0. The quantitative estimate of drug-likeness (QED) is 0.773. The summed E-state index contributed by atoms with van der Waals surface area (Å²) in [5, 5.41) is 5.98. The first kappa shape index (κ1) is 11.4. The van der Waals surface area contributed by atoms with Crippen LogP contribution in [0.1, 0.15) is 32.1 Å². The molecule has 0 unspecified atom stereocenters. The smallest absolute Gasteiger partial charge is 0.0629 e. The summed E-state index contributed by atoms with van der Waals surface area (Å²) in [7, 11) is 0. The lowest BCUT2D eigenvalue weighted by molar-refractivity contribution is 0.463. The van der Waals surface area contributed by atoms with Gasteiger partial charge in [0.25, 0.3) is 0 Å². The van der Waals surface area contributed by atoms with Crippen LogP contribution in [0.3, 0.4) is 0 Å². The lowest BCUT2D eigenvalue weighted by Gasteiger charge is -2.25. The molecule has 0 spiro atoms. The molecule has 2 heteroatoms. The number of nitrogens with two attached hydrogens (primary N) is 1. The monoisotopic (exact) mass is 240 g/mol. The van der Waals surface area contributed by atoms with Gasteiger partial charge in [0.15, 0.2) is 0 Å². The van der Waals surface area contributed by atoms with Gasteiger partial charge in [-0.15, -0.1) is 0 Å². The second-order valence-electron chi connectivity index (χ2n) is 5.23. The van der Waals surface area contributed by atoms with Crippen molar-refractivity contribution in [2.24, 2.45) is 0 Å². The number of rotatable bonds is 2. The summed E-state index contributed by atoms with van der Waals surface area (Å²) in [6.07, 6.45) is 6.60.